The summed E-state index contributed by atoms with van der Waals surface area (Å²) >= 11 is 0. The zero-order chi connectivity index (χ0) is 12.6. The van der Waals surface area contributed by atoms with Crippen LogP contribution in [0, 0.1) is 5.92 Å². The van der Waals surface area contributed by atoms with Crippen molar-refractivity contribution >= 4 is 17.9 Å². The molecule has 0 aromatic carbocycles. The summed E-state index contributed by atoms with van der Waals surface area (Å²) in [5.74, 6) is -1.77. The molecule has 0 heterocycles. The van der Waals surface area contributed by atoms with Crippen LogP contribution < -0.4 is 16.0 Å². The van der Waals surface area contributed by atoms with Gasteiger partial charge in [-0.3, -0.25) is 9.59 Å². The Bertz CT molecular complexity index is 267. The van der Waals surface area contributed by atoms with E-state index < -0.39 is 17.9 Å². The first-order valence-electron chi connectivity index (χ1n) is 4.92. The predicted octanol–water partition coefficient (Wildman–Crippen LogP) is -0.858. The highest BCUT2D eigenvalue weighted by Gasteiger charge is 2.11. The zero-order valence-corrected chi connectivity index (χ0v) is 9.37. The molecule has 0 bridgehead atoms. The fraction of sp³-hybridized carbons (Fsp3) is 0.667. The number of carbonyl (C=O) groups is 3. The Morgan fingerprint density at radius 1 is 1.25 bits per heavy atom. The molecule has 1 unspecified atom stereocenters. The Balaban J connectivity index is 3.60. The van der Waals surface area contributed by atoms with Crippen molar-refractivity contribution in [3.8, 4) is 0 Å². The second kappa shape index (κ2) is 7.49. The van der Waals surface area contributed by atoms with Crippen LogP contribution in [0.2, 0.25) is 0 Å². The minimum atomic E-state index is -0.967. The van der Waals surface area contributed by atoms with Crippen LogP contribution in [-0.2, 0) is 9.59 Å². The summed E-state index contributed by atoms with van der Waals surface area (Å²) in [4.78, 5) is 32.3. The standard InChI is InChI=1S/C9H17N3O4/c1-6(8(14)15)5-12-9(16)11-4-3-7(13)10-2/h6H,3-5H2,1-2H3,(H,10,13)(H,14,15)(H2,11,12,16). The average Bonchev–Trinajstić information content (AvgIpc) is 2.25. The maximum atomic E-state index is 11.1. The van der Waals surface area contributed by atoms with Gasteiger partial charge < -0.3 is 21.1 Å². The van der Waals surface area contributed by atoms with E-state index in [1.807, 2.05) is 0 Å². The van der Waals surface area contributed by atoms with Gasteiger partial charge in [0.2, 0.25) is 5.91 Å². The number of amides is 3. The van der Waals surface area contributed by atoms with Gasteiger partial charge in [-0.25, -0.2) is 4.79 Å². The quantitative estimate of drug-likeness (QED) is 0.477. The Morgan fingerprint density at radius 3 is 2.38 bits per heavy atom. The Kier molecular flexibility index (Phi) is 6.66. The summed E-state index contributed by atoms with van der Waals surface area (Å²) < 4.78 is 0. The van der Waals surface area contributed by atoms with E-state index in [0.29, 0.717) is 0 Å². The molecule has 0 aromatic heterocycles. The van der Waals surface area contributed by atoms with Gasteiger partial charge in [0.05, 0.1) is 5.92 Å². The first-order valence-corrected chi connectivity index (χ1v) is 4.92. The van der Waals surface area contributed by atoms with Crippen LogP contribution in [-0.4, -0.2) is 43.2 Å². The lowest BCUT2D eigenvalue weighted by Crippen LogP contribution is -2.40. The number of carbonyl (C=O) groups excluding carboxylic acids is 2. The van der Waals surface area contributed by atoms with E-state index in [4.69, 9.17) is 5.11 Å². The molecule has 0 spiro atoms. The van der Waals surface area contributed by atoms with Crippen LogP contribution >= 0.6 is 0 Å². The third kappa shape index (κ3) is 6.63. The third-order valence-corrected chi connectivity index (χ3v) is 1.91. The average molecular weight is 231 g/mol. The van der Waals surface area contributed by atoms with Gasteiger partial charge in [0.25, 0.3) is 0 Å². The number of carboxylic acid groups (broad SMARTS) is 1. The van der Waals surface area contributed by atoms with E-state index in [1.54, 1.807) is 0 Å². The monoisotopic (exact) mass is 231 g/mol. The third-order valence-electron chi connectivity index (χ3n) is 1.91. The van der Waals surface area contributed by atoms with Crippen LogP contribution in [0.5, 0.6) is 0 Å². The normalized spacial score (nSPS) is 11.4. The van der Waals surface area contributed by atoms with E-state index in [-0.39, 0.29) is 25.4 Å². The van der Waals surface area contributed by atoms with Crippen molar-refractivity contribution in [1.29, 1.82) is 0 Å². The minimum absolute atomic E-state index is 0.0567. The smallest absolute Gasteiger partial charge is 0.314 e. The Morgan fingerprint density at radius 2 is 1.88 bits per heavy atom. The molecule has 0 aromatic rings. The first kappa shape index (κ1) is 14.2. The maximum absolute atomic E-state index is 11.1. The van der Waals surface area contributed by atoms with Crippen molar-refractivity contribution in [2.75, 3.05) is 20.1 Å². The van der Waals surface area contributed by atoms with Crippen molar-refractivity contribution < 1.29 is 19.5 Å². The molecule has 0 aliphatic rings. The number of carboxylic acids is 1. The van der Waals surface area contributed by atoms with E-state index in [1.165, 1.54) is 14.0 Å². The van der Waals surface area contributed by atoms with Crippen molar-refractivity contribution in [3.63, 3.8) is 0 Å². The molecule has 4 N–H and O–H groups in total. The van der Waals surface area contributed by atoms with E-state index in [2.05, 4.69) is 16.0 Å². The minimum Gasteiger partial charge on any atom is -0.481 e. The number of nitrogens with one attached hydrogen (secondary N) is 3. The van der Waals surface area contributed by atoms with Gasteiger partial charge in [0, 0.05) is 26.6 Å². The molecular formula is C9H17N3O4. The van der Waals surface area contributed by atoms with Crippen molar-refractivity contribution in [3.05, 3.63) is 0 Å². The molecule has 16 heavy (non-hydrogen) atoms. The zero-order valence-electron chi connectivity index (χ0n) is 9.37. The highest BCUT2D eigenvalue weighted by molar-refractivity contribution is 5.78. The summed E-state index contributed by atoms with van der Waals surface area (Å²) in [7, 11) is 1.51. The molecule has 0 aliphatic heterocycles. The van der Waals surface area contributed by atoms with Crippen LogP contribution in [0.4, 0.5) is 4.79 Å². The van der Waals surface area contributed by atoms with Crippen LogP contribution in [0.3, 0.4) is 0 Å². The van der Waals surface area contributed by atoms with E-state index >= 15 is 0 Å². The predicted molar refractivity (Wildman–Crippen MR) is 56.9 cm³/mol. The molecule has 3 amide bonds. The topological polar surface area (TPSA) is 108 Å². The fourth-order valence-electron chi connectivity index (χ4n) is 0.810. The molecule has 7 nitrogen and oxygen atoms in total. The van der Waals surface area contributed by atoms with Crippen LogP contribution in [0.25, 0.3) is 0 Å². The molecule has 92 valence electrons. The largest absolute Gasteiger partial charge is 0.481 e. The molecule has 1 atom stereocenters. The van der Waals surface area contributed by atoms with Gasteiger partial charge in [0.15, 0.2) is 0 Å². The van der Waals surface area contributed by atoms with Crippen molar-refractivity contribution in [2.24, 2.45) is 5.92 Å². The highest BCUT2D eigenvalue weighted by Crippen LogP contribution is 1.90. The molecular weight excluding hydrogens is 214 g/mol. The van der Waals surface area contributed by atoms with E-state index in [0.717, 1.165) is 0 Å². The second-order valence-corrected chi connectivity index (χ2v) is 3.30. The Hall–Kier alpha value is -1.79. The molecule has 0 aliphatic carbocycles. The summed E-state index contributed by atoms with van der Waals surface area (Å²) in [6.07, 6.45) is 0.193. The molecule has 0 saturated carbocycles. The first-order chi connectivity index (χ1) is 7.47. The summed E-state index contributed by atoms with van der Waals surface area (Å²) in [5, 5.41) is 15.8. The summed E-state index contributed by atoms with van der Waals surface area (Å²) in [6, 6.07) is -0.475. The maximum Gasteiger partial charge on any atom is 0.314 e. The van der Waals surface area contributed by atoms with Gasteiger partial charge in [-0.05, 0) is 0 Å². The number of hydrogen-bond donors (Lipinski definition) is 4. The van der Waals surface area contributed by atoms with Gasteiger partial charge in [0.1, 0.15) is 0 Å². The summed E-state index contributed by atoms with van der Waals surface area (Å²) in [5.41, 5.74) is 0. The fourth-order valence-corrected chi connectivity index (χ4v) is 0.810. The van der Waals surface area contributed by atoms with Gasteiger partial charge in [-0.2, -0.15) is 0 Å². The van der Waals surface area contributed by atoms with Crippen molar-refractivity contribution in [2.45, 2.75) is 13.3 Å². The van der Waals surface area contributed by atoms with Gasteiger partial charge in [-0.15, -0.1) is 0 Å². The van der Waals surface area contributed by atoms with E-state index in [9.17, 15) is 14.4 Å². The number of urea groups is 1. The molecule has 0 fully saturated rings. The highest BCUT2D eigenvalue weighted by atomic mass is 16.4. The number of rotatable bonds is 6. The molecule has 0 rings (SSSR count). The molecule has 7 heteroatoms. The lowest BCUT2D eigenvalue weighted by Gasteiger charge is -2.09. The lowest BCUT2D eigenvalue weighted by molar-refractivity contribution is -0.140. The lowest BCUT2D eigenvalue weighted by atomic mass is 10.2. The Labute approximate surface area is 93.6 Å². The summed E-state index contributed by atoms with van der Waals surface area (Å²) in [6.45, 7) is 1.77. The molecule has 0 radical (unpaired) electrons. The van der Waals surface area contributed by atoms with Gasteiger partial charge >= 0.3 is 12.0 Å². The van der Waals surface area contributed by atoms with Crippen LogP contribution in [0.1, 0.15) is 13.3 Å². The van der Waals surface area contributed by atoms with Crippen molar-refractivity contribution in [1.82, 2.24) is 16.0 Å². The second-order valence-electron chi connectivity index (χ2n) is 3.30. The van der Waals surface area contributed by atoms with Gasteiger partial charge in [-0.1, -0.05) is 6.92 Å². The SMILES string of the molecule is CNC(=O)CCNC(=O)NCC(C)C(=O)O. The van der Waals surface area contributed by atoms with Crippen LogP contribution in [0.15, 0.2) is 0 Å². The number of aliphatic carboxylic acids is 1. The molecule has 0 saturated heterocycles. The number of hydrogen-bond acceptors (Lipinski definition) is 3.